The Bertz CT molecular complexity index is 1260. The highest BCUT2D eigenvalue weighted by molar-refractivity contribution is 7.92. The minimum absolute atomic E-state index is 0.0922. The fourth-order valence-corrected chi connectivity index (χ4v) is 3.94. The number of carbonyl (C=O) groups excluding carboxylic acids is 1. The van der Waals surface area contributed by atoms with E-state index in [2.05, 4.69) is 20.3 Å². The van der Waals surface area contributed by atoms with Crippen molar-refractivity contribution in [2.75, 3.05) is 29.5 Å². The monoisotopic (exact) mass is 481 g/mol. The van der Waals surface area contributed by atoms with Crippen molar-refractivity contribution < 1.29 is 13.2 Å². The highest BCUT2D eigenvalue weighted by Crippen LogP contribution is 2.18. The Balaban J connectivity index is 1.62. The summed E-state index contributed by atoms with van der Waals surface area (Å²) in [6.07, 6.45) is 4.68. The summed E-state index contributed by atoms with van der Waals surface area (Å²) < 4.78 is 27.4. The van der Waals surface area contributed by atoms with Crippen molar-refractivity contribution in [3.8, 4) is 0 Å². The van der Waals surface area contributed by atoms with Crippen LogP contribution in [0.4, 0.5) is 17.2 Å². The minimum Gasteiger partial charge on any atom is -0.383 e. The van der Waals surface area contributed by atoms with Crippen molar-refractivity contribution >= 4 is 50.3 Å². The number of sulfonamides is 1. The number of carbonyl (C=O) groups is 1. The number of pyridine rings is 1. The Morgan fingerprint density at radius 2 is 1.70 bits per heavy atom. The third kappa shape index (κ3) is 7.13. The maximum absolute atomic E-state index is 12.5. The molecule has 3 N–H and O–H groups in total. The smallest absolute Gasteiger partial charge is 0.263 e. The van der Waals surface area contributed by atoms with Crippen molar-refractivity contribution in [3.63, 3.8) is 0 Å². The van der Waals surface area contributed by atoms with Crippen molar-refractivity contribution in [2.45, 2.75) is 4.90 Å². The van der Waals surface area contributed by atoms with Crippen LogP contribution >= 0.6 is 12.2 Å². The Kier molecular flexibility index (Phi) is 7.75. The summed E-state index contributed by atoms with van der Waals surface area (Å²) in [5, 5.41) is 6.31. The summed E-state index contributed by atoms with van der Waals surface area (Å²) in [6.45, 7) is 0. The van der Waals surface area contributed by atoms with E-state index in [0.717, 1.165) is 0 Å². The minimum atomic E-state index is -3.76. The Labute approximate surface area is 198 Å². The zero-order valence-electron chi connectivity index (χ0n) is 18.0. The molecule has 0 aliphatic carbocycles. The van der Waals surface area contributed by atoms with Gasteiger partial charge in [-0.3, -0.25) is 9.52 Å². The van der Waals surface area contributed by atoms with Crippen molar-refractivity contribution in [1.82, 2.24) is 9.88 Å². The Morgan fingerprint density at radius 3 is 2.36 bits per heavy atom. The molecule has 33 heavy (non-hydrogen) atoms. The molecule has 0 saturated carbocycles. The van der Waals surface area contributed by atoms with E-state index in [1.54, 1.807) is 65.7 Å². The van der Waals surface area contributed by atoms with Gasteiger partial charge in [-0.15, -0.1) is 0 Å². The molecule has 0 aliphatic rings. The van der Waals surface area contributed by atoms with E-state index < -0.39 is 10.0 Å². The number of aromatic nitrogens is 1. The molecule has 3 aromatic rings. The SMILES string of the molecule is CN(C)/C=C/C(=O)c1cccc(NC(=S)Nc2ccc(S(=O)(=O)Nc3ccccn3)cc2)c1. The molecule has 0 bridgehead atoms. The molecule has 0 unspecified atom stereocenters. The molecule has 0 spiro atoms. The third-order valence-electron chi connectivity index (χ3n) is 4.26. The highest BCUT2D eigenvalue weighted by Gasteiger charge is 2.14. The van der Waals surface area contributed by atoms with Crippen LogP contribution in [0.3, 0.4) is 0 Å². The van der Waals surface area contributed by atoms with E-state index >= 15 is 0 Å². The molecule has 0 fully saturated rings. The van der Waals surface area contributed by atoms with E-state index in [4.69, 9.17) is 12.2 Å². The zero-order chi connectivity index (χ0) is 23.8. The maximum Gasteiger partial charge on any atom is 0.263 e. The van der Waals surface area contributed by atoms with Crippen LogP contribution in [0.15, 0.2) is 90.1 Å². The lowest BCUT2D eigenvalue weighted by molar-refractivity contribution is 0.104. The summed E-state index contributed by atoms with van der Waals surface area (Å²) in [5.74, 6) is 0.116. The van der Waals surface area contributed by atoms with Crippen LogP contribution < -0.4 is 15.4 Å². The van der Waals surface area contributed by atoms with Crippen molar-refractivity contribution in [3.05, 3.63) is 90.8 Å². The first kappa shape index (κ1) is 23.9. The number of anilines is 3. The summed E-state index contributed by atoms with van der Waals surface area (Å²) >= 11 is 5.34. The average Bonchev–Trinajstić information content (AvgIpc) is 2.78. The summed E-state index contributed by atoms with van der Waals surface area (Å²) in [7, 11) is -0.0833. The second-order valence-electron chi connectivity index (χ2n) is 7.15. The quantitative estimate of drug-likeness (QED) is 0.252. The van der Waals surface area contributed by atoms with Gasteiger partial charge in [0.15, 0.2) is 10.9 Å². The second kappa shape index (κ2) is 10.7. The number of rotatable bonds is 8. The first-order valence-corrected chi connectivity index (χ1v) is 11.7. The number of ketones is 1. The lowest BCUT2D eigenvalue weighted by Crippen LogP contribution is -2.19. The Hall–Kier alpha value is -3.76. The van der Waals surface area contributed by atoms with Crippen LogP contribution in [0.5, 0.6) is 0 Å². The molecule has 10 heteroatoms. The lowest BCUT2D eigenvalue weighted by atomic mass is 10.1. The topological polar surface area (TPSA) is 103 Å². The fraction of sp³-hybridized carbons (Fsp3) is 0.0870. The maximum atomic E-state index is 12.5. The molecule has 1 heterocycles. The van der Waals surface area contributed by atoms with Gasteiger partial charge in [-0.2, -0.15) is 0 Å². The lowest BCUT2D eigenvalue weighted by Gasteiger charge is -2.12. The predicted octanol–water partition coefficient (Wildman–Crippen LogP) is 3.95. The van der Waals surface area contributed by atoms with Crippen molar-refractivity contribution in [1.29, 1.82) is 0 Å². The number of nitrogens with one attached hydrogen (secondary N) is 3. The van der Waals surface area contributed by atoms with E-state index in [0.29, 0.717) is 22.1 Å². The Morgan fingerprint density at radius 1 is 0.970 bits per heavy atom. The predicted molar refractivity (Wildman–Crippen MR) is 135 cm³/mol. The molecular formula is C23H23N5O3S2. The fourth-order valence-electron chi connectivity index (χ4n) is 2.69. The third-order valence-corrected chi connectivity index (χ3v) is 5.83. The van der Waals surface area contributed by atoms with Gasteiger partial charge in [0.05, 0.1) is 4.90 Å². The van der Waals surface area contributed by atoms with Gasteiger partial charge in [-0.1, -0.05) is 18.2 Å². The first-order valence-electron chi connectivity index (χ1n) is 9.84. The van der Waals surface area contributed by atoms with E-state index in [1.807, 2.05) is 14.1 Å². The number of thiocarbonyl (C=S) groups is 1. The second-order valence-corrected chi connectivity index (χ2v) is 9.24. The van der Waals surface area contributed by atoms with E-state index in [-0.39, 0.29) is 16.5 Å². The van der Waals surface area contributed by atoms with Gasteiger partial charge in [0, 0.05) is 49.5 Å². The van der Waals surface area contributed by atoms with Gasteiger partial charge in [0.2, 0.25) is 0 Å². The molecule has 1 aromatic heterocycles. The molecule has 0 amide bonds. The number of nitrogens with zero attached hydrogens (tertiary/aromatic N) is 2. The largest absolute Gasteiger partial charge is 0.383 e. The van der Waals surface area contributed by atoms with E-state index in [9.17, 15) is 13.2 Å². The summed E-state index contributed by atoms with van der Waals surface area (Å²) in [6, 6.07) is 18.1. The molecule has 0 radical (unpaired) electrons. The van der Waals surface area contributed by atoms with Crippen LogP contribution in [0.2, 0.25) is 0 Å². The van der Waals surface area contributed by atoms with Crippen LogP contribution in [-0.2, 0) is 10.0 Å². The van der Waals surface area contributed by atoms with Gasteiger partial charge in [-0.05, 0) is 60.7 Å². The van der Waals surface area contributed by atoms with Gasteiger partial charge in [0.1, 0.15) is 5.82 Å². The van der Waals surface area contributed by atoms with Crippen molar-refractivity contribution in [2.24, 2.45) is 0 Å². The molecule has 170 valence electrons. The number of hydrogen-bond acceptors (Lipinski definition) is 6. The van der Waals surface area contributed by atoms with Crippen LogP contribution in [-0.4, -0.2) is 43.3 Å². The number of allylic oxidation sites excluding steroid dienone is 1. The summed E-state index contributed by atoms with van der Waals surface area (Å²) in [4.78, 5) is 18.1. The molecule has 0 aliphatic heterocycles. The van der Waals surface area contributed by atoms with Crippen LogP contribution in [0, 0.1) is 0 Å². The van der Waals surface area contributed by atoms with Gasteiger partial charge < -0.3 is 15.5 Å². The zero-order valence-corrected chi connectivity index (χ0v) is 19.7. The molecule has 8 nitrogen and oxygen atoms in total. The highest BCUT2D eigenvalue weighted by atomic mass is 32.2. The van der Waals surface area contributed by atoms with Gasteiger partial charge in [-0.25, -0.2) is 13.4 Å². The summed E-state index contributed by atoms with van der Waals surface area (Å²) in [5.41, 5.74) is 1.77. The number of hydrogen-bond donors (Lipinski definition) is 3. The van der Waals surface area contributed by atoms with E-state index in [1.165, 1.54) is 24.4 Å². The van der Waals surface area contributed by atoms with Crippen LogP contribution in [0.1, 0.15) is 10.4 Å². The number of benzene rings is 2. The molecule has 3 rings (SSSR count). The first-order chi connectivity index (χ1) is 15.7. The average molecular weight is 482 g/mol. The molecule has 0 atom stereocenters. The standard InChI is InChI=1S/C23H23N5O3S2/c1-28(2)15-13-21(29)17-6-5-7-19(16-17)26-23(32)25-18-9-11-20(12-10-18)33(30,31)27-22-8-3-4-14-24-22/h3-16H,1-2H3,(H,24,27)(H2,25,26,32)/b15-13+. The molecular weight excluding hydrogens is 458 g/mol. The molecule has 0 saturated heterocycles. The van der Waals surface area contributed by atoms with Gasteiger partial charge >= 0.3 is 0 Å². The normalized spacial score (nSPS) is 11.1. The van der Waals surface area contributed by atoms with Crippen LogP contribution in [0.25, 0.3) is 0 Å². The van der Waals surface area contributed by atoms with Gasteiger partial charge in [0.25, 0.3) is 10.0 Å². The molecule has 2 aromatic carbocycles.